The fraction of sp³-hybridized carbons (Fsp3) is 0.458. The third-order valence-corrected chi connectivity index (χ3v) is 4.51. The van der Waals surface area contributed by atoms with Crippen LogP contribution < -0.4 is 11.1 Å². The molecule has 0 spiro atoms. The molecule has 8 heteroatoms. The third-order valence-electron chi connectivity index (χ3n) is 4.51. The van der Waals surface area contributed by atoms with Gasteiger partial charge in [0.1, 0.15) is 13.2 Å². The number of carbonyl (C=O) groups is 3. The van der Waals surface area contributed by atoms with Crippen LogP contribution in [0.3, 0.4) is 0 Å². The van der Waals surface area contributed by atoms with Gasteiger partial charge in [-0.1, -0.05) is 37.4 Å². The summed E-state index contributed by atoms with van der Waals surface area (Å²) in [4.78, 5) is 36.0. The first-order valence-corrected chi connectivity index (χ1v) is 10.2. The van der Waals surface area contributed by atoms with Crippen LogP contribution in [-0.4, -0.2) is 37.3 Å². The second kappa shape index (κ2) is 10.9. The zero-order valence-corrected chi connectivity index (χ0v) is 19.7. The lowest BCUT2D eigenvalue weighted by Gasteiger charge is -2.29. The fourth-order valence-corrected chi connectivity index (χ4v) is 2.52. The van der Waals surface area contributed by atoms with E-state index in [-0.39, 0.29) is 24.4 Å². The molecule has 0 bridgehead atoms. The summed E-state index contributed by atoms with van der Waals surface area (Å²) in [7, 11) is 0. The molecule has 1 aromatic carbocycles. The van der Waals surface area contributed by atoms with Crippen LogP contribution in [0, 0.1) is 0 Å². The molecular weight excluding hydrogens is 412 g/mol. The van der Waals surface area contributed by atoms with E-state index in [9.17, 15) is 14.4 Å². The zero-order valence-electron chi connectivity index (χ0n) is 19.7. The topological polar surface area (TPSA) is 117 Å². The van der Waals surface area contributed by atoms with Gasteiger partial charge in [0.25, 0.3) is 0 Å². The zero-order chi connectivity index (χ0) is 24.7. The number of nitrogens with one attached hydrogen (secondary N) is 1. The molecule has 1 aromatic rings. The van der Waals surface area contributed by atoms with Gasteiger partial charge in [0.15, 0.2) is 6.10 Å². The van der Waals surface area contributed by atoms with Gasteiger partial charge in [-0.05, 0) is 52.7 Å². The molecule has 0 aliphatic heterocycles. The van der Waals surface area contributed by atoms with Crippen molar-refractivity contribution in [1.82, 2.24) is 5.32 Å². The molecule has 176 valence electrons. The Hall–Kier alpha value is -3.13. The van der Waals surface area contributed by atoms with Crippen molar-refractivity contribution in [3.8, 4) is 0 Å². The lowest BCUT2D eigenvalue weighted by atomic mass is 9.88. The molecule has 0 saturated carbocycles. The van der Waals surface area contributed by atoms with Crippen LogP contribution in [0.2, 0.25) is 0 Å². The largest absolute Gasteiger partial charge is 0.458 e. The van der Waals surface area contributed by atoms with Gasteiger partial charge in [0.05, 0.1) is 5.54 Å². The number of hydrogen-bond donors (Lipinski definition) is 2. The second-order valence-corrected chi connectivity index (χ2v) is 8.84. The molecule has 0 unspecified atom stereocenters. The van der Waals surface area contributed by atoms with Crippen LogP contribution in [0.4, 0.5) is 4.79 Å². The highest BCUT2D eigenvalue weighted by Gasteiger charge is 2.28. The van der Waals surface area contributed by atoms with E-state index in [4.69, 9.17) is 19.9 Å². The lowest BCUT2D eigenvalue weighted by Crippen LogP contribution is -2.44. The van der Waals surface area contributed by atoms with Crippen LogP contribution in [0.1, 0.15) is 52.7 Å². The SMILES string of the molecule is C=C(C)C(=O)OCC(COC(=O)C(=C)C)OC(=O)NC(C)(C)c1cccc(C(C)(C)N)c1. The minimum absolute atomic E-state index is 0.191. The first-order valence-electron chi connectivity index (χ1n) is 10.2. The molecule has 1 amide bonds. The Morgan fingerprint density at radius 2 is 1.44 bits per heavy atom. The van der Waals surface area contributed by atoms with Gasteiger partial charge in [-0.2, -0.15) is 0 Å². The van der Waals surface area contributed by atoms with Crippen LogP contribution >= 0.6 is 0 Å². The Labute approximate surface area is 189 Å². The van der Waals surface area contributed by atoms with E-state index in [1.807, 2.05) is 52.0 Å². The summed E-state index contributed by atoms with van der Waals surface area (Å²) in [6.45, 7) is 16.8. The van der Waals surface area contributed by atoms with Crippen LogP contribution in [0.25, 0.3) is 0 Å². The normalized spacial score (nSPS) is 11.5. The van der Waals surface area contributed by atoms with Crippen molar-refractivity contribution in [1.29, 1.82) is 0 Å². The van der Waals surface area contributed by atoms with E-state index < -0.39 is 35.2 Å². The standard InChI is InChI=1S/C24H34N2O6/c1-15(2)20(27)30-13-19(14-31-21(28)16(3)4)32-22(29)26-24(7,8)18-11-9-10-17(12-18)23(5,6)25/h9-12,19H,1,3,13-14,25H2,2,4-8H3,(H,26,29). The minimum Gasteiger partial charge on any atom is -0.458 e. The predicted octanol–water partition coefficient (Wildman–Crippen LogP) is 3.45. The molecule has 32 heavy (non-hydrogen) atoms. The number of alkyl carbamates (subject to hydrolysis) is 1. The molecule has 8 nitrogen and oxygen atoms in total. The second-order valence-electron chi connectivity index (χ2n) is 8.84. The number of amides is 1. The monoisotopic (exact) mass is 446 g/mol. The molecule has 0 saturated heterocycles. The van der Waals surface area contributed by atoms with Crippen molar-refractivity contribution in [2.24, 2.45) is 5.73 Å². The molecule has 0 aliphatic carbocycles. The average molecular weight is 447 g/mol. The summed E-state index contributed by atoms with van der Waals surface area (Å²) in [6, 6.07) is 7.57. The number of carbonyl (C=O) groups excluding carboxylic acids is 3. The van der Waals surface area contributed by atoms with E-state index in [1.165, 1.54) is 13.8 Å². The van der Waals surface area contributed by atoms with Gasteiger partial charge >= 0.3 is 18.0 Å². The molecule has 1 rings (SSSR count). The van der Waals surface area contributed by atoms with Crippen molar-refractivity contribution in [2.45, 2.75) is 58.7 Å². The summed E-state index contributed by atoms with van der Waals surface area (Å²) in [5.41, 5.74) is 6.96. The van der Waals surface area contributed by atoms with E-state index in [2.05, 4.69) is 18.5 Å². The highest BCUT2D eigenvalue weighted by atomic mass is 16.6. The van der Waals surface area contributed by atoms with E-state index in [0.717, 1.165) is 11.1 Å². The molecular formula is C24H34N2O6. The average Bonchev–Trinajstić information content (AvgIpc) is 2.68. The third kappa shape index (κ3) is 8.55. The molecule has 0 heterocycles. The van der Waals surface area contributed by atoms with Crippen LogP contribution in [0.15, 0.2) is 48.6 Å². The first kappa shape index (κ1) is 26.9. The van der Waals surface area contributed by atoms with Crippen molar-refractivity contribution in [3.05, 3.63) is 59.7 Å². The van der Waals surface area contributed by atoms with Gasteiger partial charge in [-0.25, -0.2) is 14.4 Å². The molecule has 0 radical (unpaired) electrons. The van der Waals surface area contributed by atoms with E-state index in [1.54, 1.807) is 0 Å². The van der Waals surface area contributed by atoms with Gasteiger partial charge in [-0.3, -0.25) is 0 Å². The number of nitrogens with two attached hydrogens (primary N) is 1. The maximum atomic E-state index is 12.6. The lowest BCUT2D eigenvalue weighted by molar-refractivity contribution is -0.147. The number of esters is 2. The van der Waals surface area contributed by atoms with Crippen molar-refractivity contribution < 1.29 is 28.6 Å². The maximum absolute atomic E-state index is 12.6. The Kier molecular flexibility index (Phi) is 9.21. The Morgan fingerprint density at radius 3 is 1.88 bits per heavy atom. The van der Waals surface area contributed by atoms with E-state index >= 15 is 0 Å². The van der Waals surface area contributed by atoms with Crippen LogP contribution in [0.5, 0.6) is 0 Å². The van der Waals surface area contributed by atoms with Gasteiger partial charge in [0.2, 0.25) is 0 Å². The number of rotatable bonds is 10. The molecule has 3 N–H and O–H groups in total. The highest BCUT2D eigenvalue weighted by molar-refractivity contribution is 5.87. The van der Waals surface area contributed by atoms with Crippen LogP contribution in [-0.2, 0) is 34.9 Å². The summed E-state index contributed by atoms with van der Waals surface area (Å²) in [5, 5.41) is 2.78. The van der Waals surface area contributed by atoms with Crippen molar-refractivity contribution >= 4 is 18.0 Å². The Bertz CT molecular complexity index is 853. The van der Waals surface area contributed by atoms with Crippen molar-refractivity contribution in [2.75, 3.05) is 13.2 Å². The Morgan fingerprint density at radius 1 is 0.969 bits per heavy atom. The van der Waals surface area contributed by atoms with Gasteiger partial charge < -0.3 is 25.3 Å². The summed E-state index contributed by atoms with van der Waals surface area (Å²) in [5.74, 6) is -1.29. The predicted molar refractivity (Wildman–Crippen MR) is 122 cm³/mol. The van der Waals surface area contributed by atoms with Gasteiger partial charge in [-0.15, -0.1) is 0 Å². The fourth-order valence-electron chi connectivity index (χ4n) is 2.52. The smallest absolute Gasteiger partial charge is 0.408 e. The quantitative estimate of drug-likeness (QED) is 0.321. The summed E-state index contributed by atoms with van der Waals surface area (Å²) < 4.78 is 15.5. The molecule has 0 atom stereocenters. The molecule has 0 fully saturated rings. The molecule has 0 aromatic heterocycles. The number of benzene rings is 1. The number of hydrogen-bond acceptors (Lipinski definition) is 7. The summed E-state index contributed by atoms with van der Waals surface area (Å²) in [6.07, 6.45) is -1.79. The highest BCUT2D eigenvalue weighted by Crippen LogP contribution is 2.25. The number of ether oxygens (including phenoxy) is 3. The first-order chi connectivity index (χ1) is 14.6. The van der Waals surface area contributed by atoms with Gasteiger partial charge in [0, 0.05) is 16.7 Å². The summed E-state index contributed by atoms with van der Waals surface area (Å²) >= 11 is 0. The maximum Gasteiger partial charge on any atom is 0.408 e. The Balaban J connectivity index is 2.90. The van der Waals surface area contributed by atoms with Crippen molar-refractivity contribution in [3.63, 3.8) is 0 Å². The molecule has 0 aliphatic rings. The minimum atomic E-state index is -1.02. The van der Waals surface area contributed by atoms with E-state index in [0.29, 0.717) is 0 Å².